The maximum Gasteiger partial charge on any atom is 0.0694 e. The van der Waals surface area contributed by atoms with Crippen LogP contribution in [0.5, 0.6) is 0 Å². The number of aryl methyl sites for hydroxylation is 1. The fourth-order valence-corrected chi connectivity index (χ4v) is 5.77. The summed E-state index contributed by atoms with van der Waals surface area (Å²) in [5, 5.41) is 20.8. The average Bonchev–Trinajstić information content (AvgIpc) is 3.11. The van der Waals surface area contributed by atoms with Crippen LogP contribution in [0.2, 0.25) is 0 Å². The summed E-state index contributed by atoms with van der Waals surface area (Å²) >= 11 is 0. The first-order chi connectivity index (χ1) is 12.5. The Bertz CT molecular complexity index is 577. The van der Waals surface area contributed by atoms with Crippen molar-refractivity contribution in [2.75, 3.05) is 19.6 Å². The molecular weight excluding hydrogens is 322 g/mol. The summed E-state index contributed by atoms with van der Waals surface area (Å²) in [5.74, 6) is 2.18. The number of nitrogens with zero attached hydrogens (tertiary/aromatic N) is 1. The number of fused-ring (bicyclic) bond motifs is 1. The van der Waals surface area contributed by atoms with Gasteiger partial charge in [0.15, 0.2) is 0 Å². The van der Waals surface area contributed by atoms with Crippen LogP contribution in [0.3, 0.4) is 0 Å². The maximum absolute atomic E-state index is 11.1. The monoisotopic (exact) mass is 357 g/mol. The Labute approximate surface area is 158 Å². The van der Waals surface area contributed by atoms with Gasteiger partial charge in [-0.05, 0) is 81.7 Å². The first-order valence-corrected chi connectivity index (χ1v) is 10.7. The highest BCUT2D eigenvalue weighted by atomic mass is 16.3. The number of hydrogen-bond donors (Lipinski definition) is 2. The molecule has 1 aromatic rings. The average molecular weight is 358 g/mol. The number of aliphatic hydroxyl groups excluding tert-OH is 1. The van der Waals surface area contributed by atoms with Gasteiger partial charge < -0.3 is 15.1 Å². The Morgan fingerprint density at radius 3 is 2.23 bits per heavy atom. The topological polar surface area (TPSA) is 43.7 Å². The van der Waals surface area contributed by atoms with Gasteiger partial charge in [-0.3, -0.25) is 0 Å². The highest BCUT2D eigenvalue weighted by molar-refractivity contribution is 5.23. The van der Waals surface area contributed by atoms with E-state index in [1.54, 1.807) is 0 Å². The van der Waals surface area contributed by atoms with Gasteiger partial charge in [0.25, 0.3) is 0 Å². The molecule has 1 heterocycles. The number of hydrogen-bond acceptors (Lipinski definition) is 3. The van der Waals surface area contributed by atoms with Crippen molar-refractivity contribution in [2.24, 2.45) is 17.8 Å². The number of aliphatic hydroxyl groups is 2. The van der Waals surface area contributed by atoms with Gasteiger partial charge in [-0.1, -0.05) is 29.8 Å². The Morgan fingerprint density at radius 2 is 1.62 bits per heavy atom. The molecule has 3 atom stereocenters. The van der Waals surface area contributed by atoms with Gasteiger partial charge in [0.05, 0.1) is 11.7 Å². The van der Waals surface area contributed by atoms with E-state index in [9.17, 15) is 10.2 Å². The van der Waals surface area contributed by atoms with Crippen molar-refractivity contribution in [3.8, 4) is 0 Å². The van der Waals surface area contributed by atoms with Crippen LogP contribution in [0.15, 0.2) is 24.3 Å². The maximum atomic E-state index is 11.1. The third-order valence-electron chi connectivity index (χ3n) is 7.26. The summed E-state index contributed by atoms with van der Waals surface area (Å²) in [6.45, 7) is 5.68. The summed E-state index contributed by atoms with van der Waals surface area (Å²) < 4.78 is 0. The first-order valence-electron chi connectivity index (χ1n) is 10.7. The number of rotatable bonds is 5. The van der Waals surface area contributed by atoms with E-state index in [2.05, 4.69) is 36.1 Å². The van der Waals surface area contributed by atoms with Gasteiger partial charge in [0, 0.05) is 19.5 Å². The van der Waals surface area contributed by atoms with Crippen LogP contribution < -0.4 is 0 Å². The summed E-state index contributed by atoms with van der Waals surface area (Å²) in [4.78, 5) is 2.64. The van der Waals surface area contributed by atoms with E-state index < -0.39 is 5.60 Å². The van der Waals surface area contributed by atoms with Gasteiger partial charge in [-0.15, -0.1) is 0 Å². The fraction of sp³-hybridized carbons (Fsp3) is 0.739. The van der Waals surface area contributed by atoms with Crippen molar-refractivity contribution in [3.05, 3.63) is 35.4 Å². The second-order valence-corrected chi connectivity index (χ2v) is 9.54. The molecule has 1 saturated heterocycles. The summed E-state index contributed by atoms with van der Waals surface area (Å²) in [5.41, 5.74) is 2.07. The van der Waals surface area contributed by atoms with Crippen molar-refractivity contribution >= 4 is 0 Å². The van der Waals surface area contributed by atoms with E-state index >= 15 is 0 Å². The zero-order valence-corrected chi connectivity index (χ0v) is 16.2. The molecular formula is C23H35NO2. The van der Waals surface area contributed by atoms with Crippen LogP contribution in [0, 0.1) is 24.7 Å². The molecule has 144 valence electrons. The molecule has 2 N–H and O–H groups in total. The summed E-state index contributed by atoms with van der Waals surface area (Å²) in [6.07, 6.45) is 8.42. The van der Waals surface area contributed by atoms with E-state index in [-0.39, 0.29) is 6.10 Å². The lowest BCUT2D eigenvalue weighted by Gasteiger charge is -2.28. The molecule has 1 aromatic carbocycles. The van der Waals surface area contributed by atoms with Gasteiger partial charge in [0.1, 0.15) is 0 Å². The highest BCUT2D eigenvalue weighted by Crippen LogP contribution is 2.45. The molecule has 0 amide bonds. The van der Waals surface area contributed by atoms with Gasteiger partial charge in [0.2, 0.25) is 0 Å². The predicted octanol–water partition coefficient (Wildman–Crippen LogP) is 3.55. The lowest BCUT2D eigenvalue weighted by atomic mass is 9.85. The minimum absolute atomic E-state index is 0.0383. The van der Waals surface area contributed by atoms with Crippen molar-refractivity contribution in [2.45, 2.75) is 70.0 Å². The molecule has 0 aromatic heterocycles. The largest absolute Gasteiger partial charge is 0.393 e. The zero-order chi connectivity index (χ0) is 18.1. The number of benzene rings is 1. The van der Waals surface area contributed by atoms with Gasteiger partial charge >= 0.3 is 0 Å². The van der Waals surface area contributed by atoms with Crippen molar-refractivity contribution in [1.82, 2.24) is 4.90 Å². The second kappa shape index (κ2) is 7.61. The standard InChI is InChI=1S/C23H35NO2/c1-17-2-4-19(5-3-17)12-23(26)13-20-15-24(16-21(20)14-23)11-10-18-6-8-22(25)9-7-18/h2-5,18,20-22,25-26H,6-16H2,1H3/t18?,20-,21+,22?,23-. The SMILES string of the molecule is Cc1ccc(C[C@]2(O)C[C@H]3CN(CCC4CCC(O)CC4)C[C@H]3C2)cc1. The van der Waals surface area contributed by atoms with Crippen LogP contribution in [0.1, 0.15) is 56.1 Å². The van der Waals surface area contributed by atoms with Crippen molar-refractivity contribution in [3.63, 3.8) is 0 Å². The lowest BCUT2D eigenvalue weighted by Crippen LogP contribution is -2.33. The van der Waals surface area contributed by atoms with Crippen molar-refractivity contribution in [1.29, 1.82) is 0 Å². The lowest BCUT2D eigenvalue weighted by molar-refractivity contribution is 0.0350. The second-order valence-electron chi connectivity index (χ2n) is 9.54. The molecule has 1 aliphatic heterocycles. The van der Waals surface area contributed by atoms with Crippen LogP contribution >= 0.6 is 0 Å². The number of likely N-dealkylation sites (tertiary alicyclic amines) is 1. The fourth-order valence-electron chi connectivity index (χ4n) is 5.77. The Morgan fingerprint density at radius 1 is 1.00 bits per heavy atom. The molecule has 3 aliphatic rings. The highest BCUT2D eigenvalue weighted by Gasteiger charge is 2.47. The van der Waals surface area contributed by atoms with Crippen LogP contribution in [0.4, 0.5) is 0 Å². The molecule has 0 unspecified atom stereocenters. The smallest absolute Gasteiger partial charge is 0.0694 e. The van der Waals surface area contributed by atoms with Crippen LogP contribution in [-0.2, 0) is 6.42 Å². The van der Waals surface area contributed by atoms with Crippen molar-refractivity contribution < 1.29 is 10.2 Å². The molecule has 2 saturated carbocycles. The minimum atomic E-state index is -0.490. The van der Waals surface area contributed by atoms with Crippen LogP contribution in [0.25, 0.3) is 0 Å². The third-order valence-corrected chi connectivity index (χ3v) is 7.26. The Kier molecular flexibility index (Phi) is 5.41. The summed E-state index contributed by atoms with van der Waals surface area (Å²) in [6, 6.07) is 8.66. The van der Waals surface area contributed by atoms with E-state index in [1.807, 2.05) is 0 Å². The van der Waals surface area contributed by atoms with Gasteiger partial charge in [-0.25, -0.2) is 0 Å². The molecule has 26 heavy (non-hydrogen) atoms. The molecule has 0 radical (unpaired) electrons. The molecule has 0 bridgehead atoms. The first kappa shape index (κ1) is 18.5. The van der Waals surface area contributed by atoms with Crippen LogP contribution in [-0.4, -0.2) is 46.5 Å². The molecule has 3 nitrogen and oxygen atoms in total. The van der Waals surface area contributed by atoms with E-state index in [4.69, 9.17) is 0 Å². The zero-order valence-electron chi connectivity index (χ0n) is 16.2. The Balaban J connectivity index is 1.24. The van der Waals surface area contributed by atoms with E-state index in [1.165, 1.54) is 50.0 Å². The van der Waals surface area contributed by atoms with Gasteiger partial charge in [-0.2, -0.15) is 0 Å². The molecule has 0 spiro atoms. The quantitative estimate of drug-likeness (QED) is 0.847. The molecule has 3 heteroatoms. The molecule has 3 fully saturated rings. The molecule has 4 rings (SSSR count). The van der Waals surface area contributed by atoms with E-state index in [0.717, 1.165) is 38.0 Å². The summed E-state index contributed by atoms with van der Waals surface area (Å²) in [7, 11) is 0. The normalized spacial score (nSPS) is 37.8. The molecule has 2 aliphatic carbocycles. The third kappa shape index (κ3) is 4.32. The van der Waals surface area contributed by atoms with E-state index in [0.29, 0.717) is 11.8 Å². The Hall–Kier alpha value is -0.900. The minimum Gasteiger partial charge on any atom is -0.393 e. The predicted molar refractivity (Wildman–Crippen MR) is 105 cm³/mol.